The van der Waals surface area contributed by atoms with Crippen LogP contribution in [0.2, 0.25) is 0 Å². The Hall–Kier alpha value is -4.59. The molecule has 0 bridgehead atoms. The number of para-hydroxylation sites is 1. The number of halogens is 2. The van der Waals surface area contributed by atoms with E-state index in [0.717, 1.165) is 34.6 Å². The van der Waals surface area contributed by atoms with Gasteiger partial charge in [0.25, 0.3) is 0 Å². The van der Waals surface area contributed by atoms with Crippen molar-refractivity contribution < 1.29 is 18.0 Å². The van der Waals surface area contributed by atoms with Crippen molar-refractivity contribution in [3.05, 3.63) is 114 Å². The summed E-state index contributed by atoms with van der Waals surface area (Å²) >= 11 is 0. The van der Waals surface area contributed by atoms with Gasteiger partial charge < -0.3 is 9.73 Å². The number of hydrogen-bond donors (Lipinski definition) is 1. The molecule has 2 aromatic heterocycles. The molecule has 0 fully saturated rings. The first-order chi connectivity index (χ1) is 17.6. The van der Waals surface area contributed by atoms with E-state index in [1.807, 2.05) is 66.9 Å². The Morgan fingerprint density at radius 1 is 0.972 bits per heavy atom. The van der Waals surface area contributed by atoms with E-state index in [1.54, 1.807) is 4.68 Å². The van der Waals surface area contributed by atoms with Gasteiger partial charge in [-0.25, -0.2) is 18.4 Å². The molecule has 0 atom stereocenters. The molecule has 0 unspecified atom stereocenters. The highest BCUT2D eigenvalue weighted by atomic mass is 19.1. The van der Waals surface area contributed by atoms with Crippen molar-refractivity contribution in [2.75, 3.05) is 0 Å². The highest BCUT2D eigenvalue weighted by molar-refractivity contribution is 5.76. The van der Waals surface area contributed by atoms with E-state index in [-0.39, 0.29) is 30.1 Å². The Kier molecular flexibility index (Phi) is 6.66. The molecule has 1 N–H and O–H groups in total. The zero-order chi connectivity index (χ0) is 24.9. The maximum absolute atomic E-state index is 14.0. The van der Waals surface area contributed by atoms with Gasteiger partial charge in [0, 0.05) is 42.8 Å². The molecule has 8 heteroatoms. The number of amides is 1. The van der Waals surface area contributed by atoms with Crippen LogP contribution in [0.3, 0.4) is 0 Å². The Bertz CT molecular complexity index is 1480. The van der Waals surface area contributed by atoms with Crippen molar-refractivity contribution in [2.45, 2.75) is 19.4 Å². The number of nitrogens with zero attached hydrogens (tertiary/aromatic N) is 3. The third kappa shape index (κ3) is 5.22. The predicted molar refractivity (Wildman–Crippen MR) is 131 cm³/mol. The molecule has 5 aromatic rings. The number of oxazole rings is 1. The molecule has 0 aliphatic heterocycles. The molecule has 0 spiro atoms. The van der Waals surface area contributed by atoms with Gasteiger partial charge in [0.1, 0.15) is 11.6 Å². The number of nitrogens with one attached hydrogen (secondary N) is 1. The maximum atomic E-state index is 14.0. The van der Waals surface area contributed by atoms with Crippen molar-refractivity contribution in [3.8, 4) is 28.3 Å². The van der Waals surface area contributed by atoms with Crippen LogP contribution in [0.1, 0.15) is 17.9 Å². The smallest absolute Gasteiger partial charge is 0.220 e. The van der Waals surface area contributed by atoms with Gasteiger partial charge in [0.15, 0.2) is 11.7 Å². The van der Waals surface area contributed by atoms with Crippen molar-refractivity contribution in [1.29, 1.82) is 0 Å². The van der Waals surface area contributed by atoms with Crippen LogP contribution in [-0.4, -0.2) is 20.7 Å². The van der Waals surface area contributed by atoms with Crippen LogP contribution in [0.4, 0.5) is 8.78 Å². The molecule has 0 aliphatic carbocycles. The summed E-state index contributed by atoms with van der Waals surface area (Å²) in [5.41, 5.74) is 3.66. The van der Waals surface area contributed by atoms with E-state index in [1.165, 1.54) is 12.3 Å². The molecule has 5 rings (SSSR count). The summed E-state index contributed by atoms with van der Waals surface area (Å²) in [6.07, 6.45) is 3.66. The van der Waals surface area contributed by atoms with Crippen LogP contribution in [0, 0.1) is 11.6 Å². The van der Waals surface area contributed by atoms with E-state index in [0.29, 0.717) is 12.4 Å². The van der Waals surface area contributed by atoms with Gasteiger partial charge >= 0.3 is 0 Å². The van der Waals surface area contributed by atoms with E-state index in [9.17, 15) is 13.6 Å². The fourth-order valence-electron chi connectivity index (χ4n) is 3.83. The van der Waals surface area contributed by atoms with Gasteiger partial charge in [-0.2, -0.15) is 5.10 Å². The van der Waals surface area contributed by atoms with Crippen LogP contribution >= 0.6 is 0 Å². The highest BCUT2D eigenvalue weighted by Crippen LogP contribution is 2.25. The van der Waals surface area contributed by atoms with Gasteiger partial charge in [0.2, 0.25) is 5.91 Å². The summed E-state index contributed by atoms with van der Waals surface area (Å²) in [7, 11) is 0. The Morgan fingerprint density at radius 3 is 2.47 bits per heavy atom. The number of rotatable bonds is 8. The maximum Gasteiger partial charge on any atom is 0.220 e. The third-order valence-electron chi connectivity index (χ3n) is 5.65. The third-order valence-corrected chi connectivity index (χ3v) is 5.65. The minimum Gasteiger partial charge on any atom is -0.441 e. The largest absolute Gasteiger partial charge is 0.441 e. The van der Waals surface area contributed by atoms with Crippen LogP contribution in [0.5, 0.6) is 0 Å². The number of aromatic nitrogens is 3. The molecule has 2 heterocycles. The second-order valence-electron chi connectivity index (χ2n) is 8.17. The minimum absolute atomic E-state index is 0.114. The minimum atomic E-state index is -0.735. The summed E-state index contributed by atoms with van der Waals surface area (Å²) in [5.74, 6) is -1.11. The van der Waals surface area contributed by atoms with Gasteiger partial charge in [-0.1, -0.05) is 48.5 Å². The number of carbonyl (C=O) groups is 1. The lowest BCUT2D eigenvalue weighted by Crippen LogP contribution is -2.23. The molecule has 1 amide bonds. The van der Waals surface area contributed by atoms with E-state index in [2.05, 4.69) is 10.3 Å². The number of benzene rings is 3. The van der Waals surface area contributed by atoms with Crippen LogP contribution in [-0.2, 0) is 17.8 Å². The standard InChI is InChI=1S/C28H22F2N4O2/c29-21-11-12-23(24(30)15-21)25-17-32-27(36-25)14-13-26(35)31-16-20-18-34(22-9-5-2-6-10-22)33-28(20)19-7-3-1-4-8-19/h1-12,15,17-18H,13-14,16H2,(H,31,35). The summed E-state index contributed by atoms with van der Waals surface area (Å²) in [4.78, 5) is 16.7. The number of hydrogen-bond acceptors (Lipinski definition) is 4. The fourth-order valence-corrected chi connectivity index (χ4v) is 3.83. The molecule has 6 nitrogen and oxygen atoms in total. The van der Waals surface area contributed by atoms with Crippen molar-refractivity contribution in [1.82, 2.24) is 20.1 Å². The first kappa shape index (κ1) is 23.2. The summed E-state index contributed by atoms with van der Waals surface area (Å²) in [6.45, 7) is 0.299. The van der Waals surface area contributed by atoms with Gasteiger partial charge in [-0.05, 0) is 24.3 Å². The van der Waals surface area contributed by atoms with Crippen LogP contribution in [0.15, 0.2) is 95.7 Å². The van der Waals surface area contributed by atoms with E-state index in [4.69, 9.17) is 9.52 Å². The second kappa shape index (κ2) is 10.4. The highest BCUT2D eigenvalue weighted by Gasteiger charge is 2.15. The van der Waals surface area contributed by atoms with Gasteiger partial charge in [-0.3, -0.25) is 4.79 Å². The summed E-state index contributed by atoms with van der Waals surface area (Å²) in [5, 5.41) is 7.69. The van der Waals surface area contributed by atoms with Gasteiger partial charge in [0.05, 0.1) is 23.1 Å². The van der Waals surface area contributed by atoms with Gasteiger partial charge in [-0.15, -0.1) is 0 Å². The molecule has 3 aromatic carbocycles. The van der Waals surface area contributed by atoms with E-state index >= 15 is 0 Å². The van der Waals surface area contributed by atoms with Crippen LogP contribution < -0.4 is 5.32 Å². The molecular weight excluding hydrogens is 462 g/mol. The monoisotopic (exact) mass is 484 g/mol. The van der Waals surface area contributed by atoms with Crippen molar-refractivity contribution in [2.24, 2.45) is 0 Å². The lowest BCUT2D eigenvalue weighted by atomic mass is 10.1. The lowest BCUT2D eigenvalue weighted by molar-refractivity contribution is -0.121. The topological polar surface area (TPSA) is 73.0 Å². The zero-order valence-electron chi connectivity index (χ0n) is 19.2. The molecule has 0 saturated heterocycles. The number of carbonyl (C=O) groups excluding carboxylic acids is 1. The lowest BCUT2D eigenvalue weighted by Gasteiger charge is -2.05. The van der Waals surface area contributed by atoms with Crippen molar-refractivity contribution >= 4 is 5.91 Å². The summed E-state index contributed by atoms with van der Waals surface area (Å²) < 4.78 is 34.5. The molecule has 0 saturated carbocycles. The SMILES string of the molecule is O=C(CCc1ncc(-c2ccc(F)cc2F)o1)NCc1cn(-c2ccccc2)nc1-c1ccccc1. The second-order valence-corrected chi connectivity index (χ2v) is 8.17. The molecule has 180 valence electrons. The quantitative estimate of drug-likeness (QED) is 0.306. The predicted octanol–water partition coefficient (Wildman–Crippen LogP) is 5.72. The molecular formula is C28H22F2N4O2. The zero-order valence-corrected chi connectivity index (χ0v) is 19.2. The molecule has 0 radical (unpaired) electrons. The summed E-state index contributed by atoms with van der Waals surface area (Å²) in [6, 6.07) is 22.8. The average molecular weight is 485 g/mol. The van der Waals surface area contributed by atoms with Crippen molar-refractivity contribution in [3.63, 3.8) is 0 Å². The molecule has 0 aliphatic rings. The molecule has 36 heavy (non-hydrogen) atoms. The van der Waals surface area contributed by atoms with E-state index < -0.39 is 11.6 Å². The Labute approximate surface area is 206 Å². The Morgan fingerprint density at radius 2 is 1.72 bits per heavy atom. The average Bonchev–Trinajstić information content (AvgIpc) is 3.55. The normalized spacial score (nSPS) is 10.9. The Balaban J connectivity index is 1.25. The first-order valence-electron chi connectivity index (χ1n) is 11.4. The van der Waals surface area contributed by atoms with Crippen LogP contribution in [0.25, 0.3) is 28.3 Å². The number of aryl methyl sites for hydroxylation is 1. The first-order valence-corrected chi connectivity index (χ1v) is 11.4. The fraction of sp³-hybridized carbons (Fsp3) is 0.107.